The molecule has 6 nitrogen and oxygen atoms in total. The van der Waals surface area contributed by atoms with E-state index in [0.717, 1.165) is 42.4 Å². The number of hydrogen-bond acceptors (Lipinski definition) is 5. The van der Waals surface area contributed by atoms with Crippen LogP contribution in [-0.4, -0.2) is 19.9 Å². The molecule has 1 N–H and O–H groups in total. The maximum absolute atomic E-state index is 5.44. The minimum Gasteiger partial charge on any atom is -0.361 e. The fourth-order valence-electron chi connectivity index (χ4n) is 3.06. The number of aromatic nitrogens is 4. The van der Waals surface area contributed by atoms with Crippen molar-refractivity contribution in [3.63, 3.8) is 0 Å². The Bertz CT molecular complexity index is 800. The average Bonchev–Trinajstić information content (AvgIpc) is 3.23. The number of hydrogen-bond donors (Lipinski definition) is 1. The van der Waals surface area contributed by atoms with Crippen molar-refractivity contribution in [2.75, 3.05) is 0 Å². The Labute approximate surface area is 148 Å². The first kappa shape index (κ1) is 17.4. The predicted molar refractivity (Wildman–Crippen MR) is 96.6 cm³/mol. The monoisotopic (exact) mass is 339 g/mol. The van der Waals surface area contributed by atoms with Crippen LogP contribution in [0.5, 0.6) is 0 Å². The quantitative estimate of drug-likeness (QED) is 0.713. The highest BCUT2D eigenvalue weighted by molar-refractivity contribution is 5.30. The summed E-state index contributed by atoms with van der Waals surface area (Å²) in [4.78, 5) is 4.37. The van der Waals surface area contributed by atoms with E-state index >= 15 is 0 Å². The van der Waals surface area contributed by atoms with Gasteiger partial charge in [-0.05, 0) is 32.4 Å². The van der Waals surface area contributed by atoms with Crippen molar-refractivity contribution >= 4 is 0 Å². The van der Waals surface area contributed by atoms with Gasteiger partial charge in [-0.1, -0.05) is 25.1 Å². The minimum atomic E-state index is 0.168. The smallest absolute Gasteiger partial charge is 0.153 e. The van der Waals surface area contributed by atoms with Crippen molar-refractivity contribution in [1.29, 1.82) is 0 Å². The molecule has 0 amide bonds. The van der Waals surface area contributed by atoms with Crippen molar-refractivity contribution < 1.29 is 4.52 Å². The van der Waals surface area contributed by atoms with Crippen LogP contribution in [-0.2, 0) is 19.4 Å². The molecule has 1 unspecified atom stereocenters. The van der Waals surface area contributed by atoms with E-state index in [1.807, 2.05) is 29.1 Å². The van der Waals surface area contributed by atoms with E-state index in [-0.39, 0.29) is 6.04 Å². The lowest BCUT2D eigenvalue weighted by Gasteiger charge is -2.14. The molecule has 3 rings (SSSR count). The van der Waals surface area contributed by atoms with E-state index in [0.29, 0.717) is 0 Å². The molecule has 0 radical (unpaired) electrons. The van der Waals surface area contributed by atoms with E-state index in [2.05, 4.69) is 48.3 Å². The van der Waals surface area contributed by atoms with Gasteiger partial charge in [-0.3, -0.25) is 0 Å². The summed E-state index contributed by atoms with van der Waals surface area (Å²) in [6.45, 7) is 9.16. The first-order chi connectivity index (χ1) is 12.2. The molecule has 0 fully saturated rings. The molecule has 0 spiro atoms. The molecule has 0 bridgehead atoms. The van der Waals surface area contributed by atoms with Gasteiger partial charge in [-0.15, -0.1) is 0 Å². The van der Waals surface area contributed by atoms with Crippen LogP contribution in [0.3, 0.4) is 0 Å². The summed E-state index contributed by atoms with van der Waals surface area (Å²) >= 11 is 0. The topological polar surface area (TPSA) is 68.8 Å². The Morgan fingerprint density at radius 1 is 1.24 bits per heavy atom. The first-order valence-electron chi connectivity index (χ1n) is 8.81. The lowest BCUT2D eigenvalue weighted by atomic mass is 10.1. The Morgan fingerprint density at radius 3 is 2.76 bits per heavy atom. The van der Waals surface area contributed by atoms with E-state index < -0.39 is 0 Å². The zero-order chi connectivity index (χ0) is 17.8. The summed E-state index contributed by atoms with van der Waals surface area (Å²) in [7, 11) is 0. The van der Waals surface area contributed by atoms with Gasteiger partial charge in [-0.2, -0.15) is 5.10 Å². The van der Waals surface area contributed by atoms with Crippen LogP contribution in [0.4, 0.5) is 0 Å². The number of aryl methyl sites for hydroxylation is 2. The number of nitrogens with one attached hydrogen (secondary N) is 1. The van der Waals surface area contributed by atoms with Crippen LogP contribution in [0, 0.1) is 6.92 Å². The van der Waals surface area contributed by atoms with Crippen molar-refractivity contribution in [3.05, 3.63) is 58.9 Å². The van der Waals surface area contributed by atoms with Crippen LogP contribution in [0.2, 0.25) is 0 Å². The van der Waals surface area contributed by atoms with Gasteiger partial charge < -0.3 is 9.84 Å². The maximum atomic E-state index is 5.44. The largest absolute Gasteiger partial charge is 0.361 e. The highest BCUT2D eigenvalue weighted by atomic mass is 16.5. The summed E-state index contributed by atoms with van der Waals surface area (Å²) in [5.74, 6) is 1.80. The zero-order valence-corrected chi connectivity index (χ0v) is 15.3. The van der Waals surface area contributed by atoms with Crippen molar-refractivity contribution in [2.45, 2.75) is 53.1 Å². The molecule has 3 aromatic rings. The second kappa shape index (κ2) is 7.61. The highest BCUT2D eigenvalue weighted by Gasteiger charge is 2.17. The van der Waals surface area contributed by atoms with E-state index in [4.69, 9.17) is 4.52 Å². The number of rotatable bonds is 7. The standard InChI is InChI=1S/C19H25N5O/c1-5-17-16(18(6-2)25-23-17)11-21-13(3)15-12-22-24(14(15)4)19-9-7-8-10-20-19/h7-10,12-13,21H,5-6,11H2,1-4H3. The van der Waals surface area contributed by atoms with Gasteiger partial charge in [0.1, 0.15) is 5.76 Å². The van der Waals surface area contributed by atoms with Gasteiger partial charge in [0.05, 0.1) is 11.9 Å². The van der Waals surface area contributed by atoms with Gasteiger partial charge in [-0.25, -0.2) is 9.67 Å². The minimum absolute atomic E-state index is 0.168. The van der Waals surface area contributed by atoms with Gasteiger partial charge in [0, 0.05) is 42.0 Å². The fourth-order valence-corrected chi connectivity index (χ4v) is 3.06. The second-order valence-electron chi connectivity index (χ2n) is 6.13. The van der Waals surface area contributed by atoms with Crippen molar-refractivity contribution in [3.8, 4) is 5.82 Å². The third-order valence-electron chi connectivity index (χ3n) is 4.57. The van der Waals surface area contributed by atoms with Gasteiger partial charge >= 0.3 is 0 Å². The Balaban J connectivity index is 1.76. The molecule has 0 aliphatic carbocycles. The summed E-state index contributed by atoms with van der Waals surface area (Å²) in [5, 5.41) is 12.3. The van der Waals surface area contributed by atoms with E-state index in [9.17, 15) is 0 Å². The molecule has 3 aromatic heterocycles. The summed E-state index contributed by atoms with van der Waals surface area (Å²) in [5.41, 5.74) is 4.48. The summed E-state index contributed by atoms with van der Waals surface area (Å²) in [6.07, 6.45) is 5.43. The lowest BCUT2D eigenvalue weighted by molar-refractivity contribution is 0.379. The number of pyridine rings is 1. The predicted octanol–water partition coefficient (Wildman–Crippen LogP) is 3.54. The van der Waals surface area contributed by atoms with E-state index in [1.165, 1.54) is 11.1 Å². The van der Waals surface area contributed by atoms with Gasteiger partial charge in [0.15, 0.2) is 5.82 Å². The summed E-state index contributed by atoms with van der Waals surface area (Å²) < 4.78 is 7.32. The Hall–Kier alpha value is -2.47. The molecular formula is C19H25N5O. The molecule has 1 atom stereocenters. The molecule has 0 saturated heterocycles. The molecular weight excluding hydrogens is 314 g/mol. The van der Waals surface area contributed by atoms with Gasteiger partial charge in [0.25, 0.3) is 0 Å². The SMILES string of the molecule is CCc1noc(CC)c1CNC(C)c1cnn(-c2ccccn2)c1C. The van der Waals surface area contributed by atoms with Crippen LogP contribution >= 0.6 is 0 Å². The lowest BCUT2D eigenvalue weighted by Crippen LogP contribution is -2.20. The number of nitrogens with zero attached hydrogens (tertiary/aromatic N) is 4. The van der Waals surface area contributed by atoms with Crippen LogP contribution in [0.1, 0.15) is 55.1 Å². The second-order valence-corrected chi connectivity index (χ2v) is 6.13. The Morgan fingerprint density at radius 2 is 2.08 bits per heavy atom. The van der Waals surface area contributed by atoms with Crippen LogP contribution < -0.4 is 5.32 Å². The van der Waals surface area contributed by atoms with Crippen molar-refractivity contribution in [2.24, 2.45) is 0 Å². The third kappa shape index (κ3) is 3.49. The zero-order valence-electron chi connectivity index (χ0n) is 15.3. The van der Waals surface area contributed by atoms with Gasteiger partial charge in [0.2, 0.25) is 0 Å². The highest BCUT2D eigenvalue weighted by Crippen LogP contribution is 2.21. The molecule has 3 heterocycles. The molecule has 0 saturated carbocycles. The fraction of sp³-hybridized carbons (Fsp3) is 0.421. The molecule has 0 aromatic carbocycles. The molecule has 25 heavy (non-hydrogen) atoms. The Kier molecular flexibility index (Phi) is 5.28. The molecule has 0 aliphatic rings. The molecule has 6 heteroatoms. The molecule has 132 valence electrons. The summed E-state index contributed by atoms with van der Waals surface area (Å²) in [6, 6.07) is 6.00. The van der Waals surface area contributed by atoms with Crippen LogP contribution in [0.25, 0.3) is 5.82 Å². The third-order valence-corrected chi connectivity index (χ3v) is 4.57. The normalized spacial score (nSPS) is 12.5. The first-order valence-corrected chi connectivity index (χ1v) is 8.81. The van der Waals surface area contributed by atoms with Crippen molar-refractivity contribution in [1.82, 2.24) is 25.2 Å². The van der Waals surface area contributed by atoms with Crippen LogP contribution in [0.15, 0.2) is 35.1 Å². The molecule has 0 aliphatic heterocycles. The maximum Gasteiger partial charge on any atom is 0.153 e. The van der Waals surface area contributed by atoms with E-state index in [1.54, 1.807) is 6.20 Å². The average molecular weight is 339 g/mol.